The average molecular weight is 121 g/mol. The van der Waals surface area contributed by atoms with E-state index in [2.05, 4.69) is 10.1 Å². The summed E-state index contributed by atoms with van der Waals surface area (Å²) in [7, 11) is 0. The van der Waals surface area contributed by atoms with Crippen molar-refractivity contribution in [3.63, 3.8) is 0 Å². The molecular weight excluding hydrogens is 113 g/mol. The number of nitrogens with zero attached hydrogens (tertiary/aromatic N) is 1. The first-order valence-electron chi connectivity index (χ1n) is 2.70. The Balaban J connectivity index is 0.000000640. The van der Waals surface area contributed by atoms with E-state index in [0.29, 0.717) is 6.61 Å². The Morgan fingerprint density at radius 1 is 1.89 bits per heavy atom. The summed E-state index contributed by atoms with van der Waals surface area (Å²) >= 11 is 0. The van der Waals surface area contributed by atoms with E-state index in [1.165, 1.54) is 0 Å². The van der Waals surface area contributed by atoms with Crippen LogP contribution in [-0.4, -0.2) is 18.7 Å². The van der Waals surface area contributed by atoms with Crippen molar-refractivity contribution in [1.29, 1.82) is 0 Å². The van der Waals surface area contributed by atoms with Crippen LogP contribution in [0.2, 0.25) is 0 Å². The van der Waals surface area contributed by atoms with Crippen LogP contribution in [0, 0.1) is 0 Å². The summed E-state index contributed by atoms with van der Waals surface area (Å²) in [5.74, 6) is 0. The van der Waals surface area contributed by atoms with E-state index in [9.17, 15) is 4.79 Å². The van der Waals surface area contributed by atoms with Crippen molar-refractivity contribution in [2.24, 2.45) is 0 Å². The second-order valence-electron chi connectivity index (χ2n) is 1.77. The predicted molar refractivity (Wildman–Crippen MR) is 28.8 cm³/mol. The van der Waals surface area contributed by atoms with Gasteiger partial charge in [0, 0.05) is 0 Å². The first kappa shape index (κ1) is 8.87. The molecule has 1 fully saturated rings. The summed E-state index contributed by atoms with van der Waals surface area (Å²) < 4.78 is 4.55. The summed E-state index contributed by atoms with van der Waals surface area (Å²) in [6.45, 7) is 2.46. The number of cyclic esters (lactones) is 1. The van der Waals surface area contributed by atoms with Gasteiger partial charge in [-0.2, -0.15) is 0 Å². The van der Waals surface area contributed by atoms with Crippen molar-refractivity contribution in [2.75, 3.05) is 6.61 Å². The van der Waals surface area contributed by atoms with Gasteiger partial charge in [-0.05, 0) is 0 Å². The minimum absolute atomic E-state index is 0. The SMILES string of the molecule is CC[C@@H]1COC(=O)[N-]1.[Li+]. The summed E-state index contributed by atoms with van der Waals surface area (Å²) in [6.07, 6.45) is 0.489. The monoisotopic (exact) mass is 121 g/mol. The molecule has 0 aromatic carbocycles. The molecule has 0 saturated carbocycles. The normalized spacial score (nSPS) is 24.1. The number of rotatable bonds is 1. The van der Waals surface area contributed by atoms with Crippen molar-refractivity contribution in [1.82, 2.24) is 0 Å². The molecule has 3 nitrogen and oxygen atoms in total. The number of carbonyl (C=O) groups excluding carboxylic acids is 1. The van der Waals surface area contributed by atoms with E-state index in [0.717, 1.165) is 6.42 Å². The second-order valence-corrected chi connectivity index (χ2v) is 1.77. The molecule has 1 amide bonds. The molecule has 0 aromatic heterocycles. The molecule has 1 heterocycles. The van der Waals surface area contributed by atoms with Crippen molar-refractivity contribution >= 4 is 6.09 Å². The van der Waals surface area contributed by atoms with Gasteiger partial charge in [0.15, 0.2) is 0 Å². The van der Waals surface area contributed by atoms with Crippen molar-refractivity contribution in [3.05, 3.63) is 5.32 Å². The Kier molecular flexibility index (Phi) is 3.75. The molecule has 0 bridgehead atoms. The summed E-state index contributed by atoms with van der Waals surface area (Å²) in [5.41, 5.74) is 0. The molecule has 0 N–H and O–H groups in total. The summed E-state index contributed by atoms with van der Waals surface area (Å²) in [4.78, 5) is 10.2. The van der Waals surface area contributed by atoms with Crippen LogP contribution in [0.4, 0.5) is 4.79 Å². The zero-order valence-electron chi connectivity index (χ0n) is 5.76. The fourth-order valence-electron chi connectivity index (χ4n) is 0.600. The van der Waals surface area contributed by atoms with E-state index in [4.69, 9.17) is 0 Å². The zero-order valence-corrected chi connectivity index (χ0v) is 5.76. The molecule has 0 aliphatic carbocycles. The molecule has 1 rings (SSSR count). The third-order valence-electron chi connectivity index (χ3n) is 1.16. The first-order valence-corrected chi connectivity index (χ1v) is 2.70. The summed E-state index contributed by atoms with van der Waals surface area (Å²) in [5, 5.41) is 3.65. The van der Waals surface area contributed by atoms with Crippen LogP contribution in [0.1, 0.15) is 13.3 Å². The molecule has 46 valence electrons. The molecule has 1 atom stereocenters. The maximum Gasteiger partial charge on any atom is 1.00 e. The van der Waals surface area contributed by atoms with Crippen molar-refractivity contribution < 1.29 is 28.4 Å². The van der Waals surface area contributed by atoms with E-state index in [1.54, 1.807) is 0 Å². The minimum atomic E-state index is -0.406. The molecule has 0 aromatic rings. The molecule has 1 aliphatic heterocycles. The van der Waals surface area contributed by atoms with Gasteiger partial charge < -0.3 is 10.1 Å². The van der Waals surface area contributed by atoms with Crippen LogP contribution in [0.15, 0.2) is 0 Å². The molecule has 1 saturated heterocycles. The van der Waals surface area contributed by atoms with Crippen LogP contribution in [0.5, 0.6) is 0 Å². The van der Waals surface area contributed by atoms with Crippen molar-refractivity contribution in [2.45, 2.75) is 19.4 Å². The number of carbonyl (C=O) groups is 1. The Morgan fingerprint density at radius 3 is 2.78 bits per heavy atom. The predicted octanol–water partition coefficient (Wildman–Crippen LogP) is -1.71. The molecule has 0 radical (unpaired) electrons. The van der Waals surface area contributed by atoms with E-state index < -0.39 is 6.09 Å². The largest absolute Gasteiger partial charge is 1.00 e. The van der Waals surface area contributed by atoms with E-state index >= 15 is 0 Å². The third-order valence-corrected chi connectivity index (χ3v) is 1.16. The number of hydrogen-bond acceptors (Lipinski definition) is 2. The van der Waals surface area contributed by atoms with Crippen LogP contribution < -0.4 is 18.9 Å². The fraction of sp³-hybridized carbons (Fsp3) is 0.800. The maximum absolute atomic E-state index is 10.2. The minimum Gasteiger partial charge on any atom is -0.612 e. The van der Waals surface area contributed by atoms with Crippen molar-refractivity contribution in [3.8, 4) is 0 Å². The quantitative estimate of drug-likeness (QED) is 0.388. The standard InChI is InChI=1S/C5H9NO2.Li/c1-2-4-3-8-5(7)6-4;/h4H,2-3H2,1H3,(H,6,7);/q;+1/p-1/t4-;/m1./s1. The van der Waals surface area contributed by atoms with Gasteiger partial charge in [-0.3, -0.25) is 4.79 Å². The van der Waals surface area contributed by atoms with Crippen LogP contribution in [0.3, 0.4) is 0 Å². The average Bonchev–Trinajstić information content (AvgIpc) is 2.14. The maximum atomic E-state index is 10.2. The smallest absolute Gasteiger partial charge is 0.612 e. The number of hydrogen-bond donors (Lipinski definition) is 0. The Labute approximate surface area is 66.3 Å². The second kappa shape index (κ2) is 3.81. The van der Waals surface area contributed by atoms with Gasteiger partial charge in [-0.15, -0.1) is 0 Å². The number of amides is 1. The van der Waals surface area contributed by atoms with Gasteiger partial charge in [-0.25, -0.2) is 0 Å². The molecular formula is C5H8LiNO2. The molecule has 0 spiro atoms. The van der Waals surface area contributed by atoms with Gasteiger partial charge in [0.05, 0.1) is 6.61 Å². The fourth-order valence-corrected chi connectivity index (χ4v) is 0.600. The van der Waals surface area contributed by atoms with E-state index in [1.807, 2.05) is 6.92 Å². The Morgan fingerprint density at radius 2 is 2.56 bits per heavy atom. The van der Waals surface area contributed by atoms with Gasteiger partial charge in [0.25, 0.3) is 0 Å². The van der Waals surface area contributed by atoms with Gasteiger partial charge in [0.2, 0.25) is 6.09 Å². The zero-order chi connectivity index (χ0) is 5.98. The Hall–Kier alpha value is -0.133. The number of ether oxygens (including phenoxy) is 1. The summed E-state index contributed by atoms with van der Waals surface area (Å²) in [6, 6.07) is 0.127. The molecule has 4 heteroatoms. The van der Waals surface area contributed by atoms with Gasteiger partial charge in [-0.1, -0.05) is 19.4 Å². The van der Waals surface area contributed by atoms with E-state index in [-0.39, 0.29) is 24.9 Å². The first-order chi connectivity index (χ1) is 3.83. The third kappa shape index (κ3) is 2.29. The Bertz CT molecular complexity index is 107. The van der Waals surface area contributed by atoms with Crippen LogP contribution in [-0.2, 0) is 4.74 Å². The van der Waals surface area contributed by atoms with Gasteiger partial charge >= 0.3 is 18.9 Å². The molecule has 1 aliphatic rings. The van der Waals surface area contributed by atoms with Gasteiger partial charge in [0.1, 0.15) is 0 Å². The van der Waals surface area contributed by atoms with Crippen LogP contribution in [0.25, 0.3) is 5.32 Å². The molecule has 0 unspecified atom stereocenters. The topological polar surface area (TPSA) is 40.4 Å². The molecule has 9 heavy (non-hydrogen) atoms. The van der Waals surface area contributed by atoms with Crippen LogP contribution >= 0.6 is 0 Å².